The molecule has 35 heavy (non-hydrogen) atoms. The molecular formula is C26H33N3O6. The number of hydrogen-bond donors (Lipinski definition) is 2. The molecule has 0 aliphatic carbocycles. The van der Waals surface area contributed by atoms with Gasteiger partial charge >= 0.3 is 11.9 Å². The van der Waals surface area contributed by atoms with Crippen LogP contribution in [0.3, 0.4) is 0 Å². The molecule has 4 rings (SSSR count). The maximum absolute atomic E-state index is 13.0. The molecule has 3 heterocycles. The fourth-order valence-electron chi connectivity index (χ4n) is 4.85. The number of rotatable bonds is 7. The van der Waals surface area contributed by atoms with Crippen molar-refractivity contribution in [2.45, 2.75) is 53.0 Å². The molecule has 0 unspecified atom stereocenters. The summed E-state index contributed by atoms with van der Waals surface area (Å²) in [5, 5.41) is 17.0. The molecule has 188 valence electrons. The molecule has 1 aromatic carbocycles. The molecule has 0 radical (unpaired) electrons. The van der Waals surface area contributed by atoms with Gasteiger partial charge in [0.25, 0.3) is 5.91 Å². The number of carboxylic acid groups (broad SMARTS) is 1. The fraction of sp³-hybridized carbons (Fsp3) is 0.538. The summed E-state index contributed by atoms with van der Waals surface area (Å²) in [6, 6.07) is 5.66. The van der Waals surface area contributed by atoms with Crippen LogP contribution in [0.25, 0.3) is 0 Å². The number of aryl methyl sites for hydroxylation is 1. The molecule has 0 bridgehead atoms. The molecule has 2 aromatic rings. The first-order valence-electron chi connectivity index (χ1n) is 12.1. The van der Waals surface area contributed by atoms with Gasteiger partial charge in [-0.2, -0.15) is 5.10 Å². The normalized spacial score (nSPS) is 17.4. The highest BCUT2D eigenvalue weighted by atomic mass is 16.5. The minimum atomic E-state index is -1.05. The predicted molar refractivity (Wildman–Crippen MR) is 128 cm³/mol. The standard InChI is InChI=1S/C26H33N3O6/c1-4-19-21-20(13-26(14-27-22(21)30)9-11-34-12-10-26)29(28-19)15-25(2,3)16-35-24(33)18-7-5-17(6-8-18)23(31)32/h5-8H,4,9-16H2,1-3H3,(H,27,30)(H,31,32). The fourth-order valence-corrected chi connectivity index (χ4v) is 4.85. The van der Waals surface area contributed by atoms with Crippen molar-refractivity contribution in [3.05, 3.63) is 52.3 Å². The highest BCUT2D eigenvalue weighted by Gasteiger charge is 2.40. The van der Waals surface area contributed by atoms with Crippen LogP contribution in [0.2, 0.25) is 0 Å². The number of nitrogens with zero attached hydrogens (tertiary/aromatic N) is 2. The maximum Gasteiger partial charge on any atom is 0.338 e. The van der Waals surface area contributed by atoms with E-state index in [0.717, 1.165) is 30.7 Å². The molecule has 1 saturated heterocycles. The number of aromatic nitrogens is 2. The second kappa shape index (κ2) is 9.81. The van der Waals surface area contributed by atoms with E-state index in [2.05, 4.69) is 5.32 Å². The molecule has 9 nitrogen and oxygen atoms in total. The second-order valence-electron chi connectivity index (χ2n) is 10.4. The Morgan fingerprint density at radius 1 is 1.20 bits per heavy atom. The molecular weight excluding hydrogens is 450 g/mol. The van der Waals surface area contributed by atoms with E-state index in [9.17, 15) is 14.4 Å². The zero-order valence-corrected chi connectivity index (χ0v) is 20.6. The van der Waals surface area contributed by atoms with Crippen LogP contribution >= 0.6 is 0 Å². The summed E-state index contributed by atoms with van der Waals surface area (Å²) in [4.78, 5) is 36.6. The third-order valence-electron chi connectivity index (χ3n) is 6.95. The summed E-state index contributed by atoms with van der Waals surface area (Å²) in [5.74, 6) is -1.63. The van der Waals surface area contributed by atoms with Gasteiger partial charge < -0.3 is 19.9 Å². The van der Waals surface area contributed by atoms with Gasteiger partial charge in [0, 0.05) is 31.7 Å². The van der Waals surface area contributed by atoms with Crippen molar-refractivity contribution in [2.75, 3.05) is 26.4 Å². The number of ether oxygens (including phenoxy) is 2. The first kappa shape index (κ1) is 24.9. The van der Waals surface area contributed by atoms with Gasteiger partial charge in [-0.05, 0) is 55.4 Å². The van der Waals surface area contributed by atoms with E-state index in [1.165, 1.54) is 24.3 Å². The van der Waals surface area contributed by atoms with Crippen molar-refractivity contribution in [2.24, 2.45) is 10.8 Å². The van der Waals surface area contributed by atoms with E-state index in [1.807, 2.05) is 25.5 Å². The zero-order valence-electron chi connectivity index (χ0n) is 20.6. The highest BCUT2D eigenvalue weighted by molar-refractivity contribution is 5.97. The van der Waals surface area contributed by atoms with Crippen LogP contribution in [0.15, 0.2) is 24.3 Å². The van der Waals surface area contributed by atoms with Gasteiger partial charge in [-0.3, -0.25) is 9.48 Å². The highest BCUT2D eigenvalue weighted by Crippen LogP contribution is 2.38. The average molecular weight is 484 g/mol. The zero-order chi connectivity index (χ0) is 25.2. The Morgan fingerprint density at radius 3 is 2.49 bits per heavy atom. The molecule has 2 N–H and O–H groups in total. The predicted octanol–water partition coefficient (Wildman–Crippen LogP) is 3.11. The number of amides is 1. The number of carboxylic acids is 1. The molecule has 0 saturated carbocycles. The molecule has 1 spiro atoms. The Morgan fingerprint density at radius 2 is 1.86 bits per heavy atom. The Balaban J connectivity index is 1.51. The smallest absolute Gasteiger partial charge is 0.338 e. The summed E-state index contributed by atoms with van der Waals surface area (Å²) in [6.45, 7) is 8.63. The van der Waals surface area contributed by atoms with Gasteiger partial charge in [0.2, 0.25) is 0 Å². The monoisotopic (exact) mass is 483 g/mol. The first-order valence-corrected chi connectivity index (χ1v) is 12.1. The van der Waals surface area contributed by atoms with Gasteiger partial charge in [-0.1, -0.05) is 20.8 Å². The van der Waals surface area contributed by atoms with Crippen molar-refractivity contribution < 1.29 is 29.0 Å². The third-order valence-corrected chi connectivity index (χ3v) is 6.95. The summed E-state index contributed by atoms with van der Waals surface area (Å²) < 4.78 is 13.1. The summed E-state index contributed by atoms with van der Waals surface area (Å²) in [7, 11) is 0. The minimum absolute atomic E-state index is 0.0410. The molecule has 1 aromatic heterocycles. The molecule has 2 aliphatic rings. The van der Waals surface area contributed by atoms with E-state index < -0.39 is 17.4 Å². The van der Waals surface area contributed by atoms with Crippen LogP contribution < -0.4 is 5.32 Å². The van der Waals surface area contributed by atoms with E-state index >= 15 is 0 Å². The maximum atomic E-state index is 13.0. The van der Waals surface area contributed by atoms with Crippen LogP contribution in [0, 0.1) is 10.8 Å². The lowest BCUT2D eigenvalue weighted by molar-refractivity contribution is 0.0145. The number of esters is 1. The van der Waals surface area contributed by atoms with Crippen molar-refractivity contribution in [3.63, 3.8) is 0 Å². The Kier molecular flexibility index (Phi) is 6.98. The van der Waals surface area contributed by atoms with E-state index in [-0.39, 0.29) is 23.5 Å². The Hall–Kier alpha value is -3.20. The molecule has 1 amide bonds. The van der Waals surface area contributed by atoms with Crippen LogP contribution in [0.5, 0.6) is 0 Å². The van der Waals surface area contributed by atoms with Crippen molar-refractivity contribution >= 4 is 17.8 Å². The quantitative estimate of drug-likeness (QED) is 0.581. The number of carbonyl (C=O) groups excluding carboxylic acids is 2. The lowest BCUT2D eigenvalue weighted by Crippen LogP contribution is -2.41. The van der Waals surface area contributed by atoms with Crippen LogP contribution in [-0.2, 0) is 28.9 Å². The number of benzene rings is 1. The van der Waals surface area contributed by atoms with Crippen molar-refractivity contribution in [1.29, 1.82) is 0 Å². The van der Waals surface area contributed by atoms with Crippen LogP contribution in [0.4, 0.5) is 0 Å². The van der Waals surface area contributed by atoms with Crippen molar-refractivity contribution in [3.8, 4) is 0 Å². The average Bonchev–Trinajstić information content (AvgIpc) is 3.10. The minimum Gasteiger partial charge on any atom is -0.478 e. The largest absolute Gasteiger partial charge is 0.478 e. The van der Waals surface area contributed by atoms with Gasteiger partial charge in [-0.25, -0.2) is 9.59 Å². The number of aromatic carboxylic acids is 1. The first-order chi connectivity index (χ1) is 16.6. The molecule has 9 heteroatoms. The summed E-state index contributed by atoms with van der Waals surface area (Å²) >= 11 is 0. The van der Waals surface area contributed by atoms with Gasteiger partial charge in [0.05, 0.1) is 34.7 Å². The van der Waals surface area contributed by atoms with E-state index in [4.69, 9.17) is 19.7 Å². The van der Waals surface area contributed by atoms with E-state index in [0.29, 0.717) is 43.9 Å². The van der Waals surface area contributed by atoms with Gasteiger partial charge in [-0.15, -0.1) is 0 Å². The van der Waals surface area contributed by atoms with Crippen LogP contribution in [0.1, 0.15) is 76.1 Å². The lowest BCUT2D eigenvalue weighted by Gasteiger charge is -2.36. The second-order valence-corrected chi connectivity index (χ2v) is 10.4. The van der Waals surface area contributed by atoms with E-state index in [1.54, 1.807) is 0 Å². The van der Waals surface area contributed by atoms with Gasteiger partial charge in [0.15, 0.2) is 0 Å². The SMILES string of the molecule is CCc1nn(CC(C)(C)COC(=O)c2ccc(C(=O)O)cc2)c2c1C(=O)NCC1(CCOCC1)C2. The Bertz CT molecular complexity index is 1110. The molecule has 2 aliphatic heterocycles. The van der Waals surface area contributed by atoms with Crippen LogP contribution in [-0.4, -0.2) is 59.1 Å². The Labute approximate surface area is 204 Å². The number of carbonyl (C=O) groups is 3. The molecule has 0 atom stereocenters. The topological polar surface area (TPSA) is 120 Å². The molecule has 1 fully saturated rings. The summed E-state index contributed by atoms with van der Waals surface area (Å²) in [6.07, 6.45) is 3.19. The van der Waals surface area contributed by atoms with Gasteiger partial charge in [0.1, 0.15) is 0 Å². The van der Waals surface area contributed by atoms with Crippen molar-refractivity contribution in [1.82, 2.24) is 15.1 Å². The number of fused-ring (bicyclic) bond motifs is 1. The number of nitrogens with one attached hydrogen (secondary N) is 1. The lowest BCUT2D eigenvalue weighted by atomic mass is 9.76. The summed E-state index contributed by atoms with van der Waals surface area (Å²) in [5.41, 5.74) is 2.33. The number of hydrogen-bond acceptors (Lipinski definition) is 6. The third kappa shape index (κ3) is 5.40.